The van der Waals surface area contributed by atoms with Crippen LogP contribution in [0.25, 0.3) is 0 Å². The lowest BCUT2D eigenvalue weighted by Crippen LogP contribution is -2.39. The van der Waals surface area contributed by atoms with Crippen LogP contribution >= 0.6 is 0 Å². The molecule has 2 nitrogen and oxygen atoms in total. The van der Waals surface area contributed by atoms with Crippen molar-refractivity contribution >= 4 is 5.69 Å². The molecule has 3 rings (SSSR count). The standard InChI is InChI=1S/C16H18N2/c17-12-16-15-9-5-4-6-13(15)10-11-18(16)14-7-2-1-3-8-14/h1-9,16H,10-12,17H2. The number of nitrogens with two attached hydrogens (primary N) is 1. The van der Waals surface area contributed by atoms with Crippen molar-refractivity contribution in [2.45, 2.75) is 12.5 Å². The summed E-state index contributed by atoms with van der Waals surface area (Å²) in [5.41, 5.74) is 10.1. The van der Waals surface area contributed by atoms with Crippen molar-refractivity contribution in [1.82, 2.24) is 0 Å². The normalized spacial score (nSPS) is 18.5. The van der Waals surface area contributed by atoms with Crippen LogP contribution in [-0.4, -0.2) is 13.1 Å². The molecule has 0 bridgehead atoms. The van der Waals surface area contributed by atoms with Gasteiger partial charge in [-0.25, -0.2) is 0 Å². The summed E-state index contributed by atoms with van der Waals surface area (Å²) in [7, 11) is 0. The summed E-state index contributed by atoms with van der Waals surface area (Å²) in [5, 5.41) is 0. The number of para-hydroxylation sites is 1. The van der Waals surface area contributed by atoms with Gasteiger partial charge in [-0.15, -0.1) is 0 Å². The van der Waals surface area contributed by atoms with E-state index >= 15 is 0 Å². The van der Waals surface area contributed by atoms with Crippen molar-refractivity contribution < 1.29 is 0 Å². The van der Waals surface area contributed by atoms with Crippen LogP contribution in [0.2, 0.25) is 0 Å². The highest BCUT2D eigenvalue weighted by molar-refractivity contribution is 5.52. The molecular weight excluding hydrogens is 220 g/mol. The molecule has 1 aliphatic heterocycles. The van der Waals surface area contributed by atoms with Gasteiger partial charge in [0.25, 0.3) is 0 Å². The maximum atomic E-state index is 6.00. The van der Waals surface area contributed by atoms with Crippen LogP contribution in [-0.2, 0) is 6.42 Å². The fourth-order valence-electron chi connectivity index (χ4n) is 2.83. The number of hydrogen-bond acceptors (Lipinski definition) is 2. The SMILES string of the molecule is NCC1c2ccccc2CCN1c1ccccc1. The largest absolute Gasteiger partial charge is 0.363 e. The summed E-state index contributed by atoms with van der Waals surface area (Å²) in [5.74, 6) is 0. The molecule has 0 aromatic heterocycles. The number of nitrogens with zero attached hydrogens (tertiary/aromatic N) is 1. The Morgan fingerprint density at radius 2 is 1.72 bits per heavy atom. The molecular formula is C16H18N2. The number of fused-ring (bicyclic) bond motifs is 1. The number of hydrogen-bond donors (Lipinski definition) is 1. The molecule has 1 aliphatic rings. The van der Waals surface area contributed by atoms with Gasteiger partial charge in [0, 0.05) is 18.8 Å². The van der Waals surface area contributed by atoms with Gasteiger partial charge >= 0.3 is 0 Å². The summed E-state index contributed by atoms with van der Waals surface area (Å²) in [4.78, 5) is 2.42. The summed E-state index contributed by atoms with van der Waals surface area (Å²) in [6, 6.07) is 19.5. The number of rotatable bonds is 2. The molecule has 0 radical (unpaired) electrons. The van der Waals surface area contributed by atoms with E-state index in [9.17, 15) is 0 Å². The van der Waals surface area contributed by atoms with Crippen molar-refractivity contribution in [2.24, 2.45) is 5.73 Å². The minimum absolute atomic E-state index is 0.303. The summed E-state index contributed by atoms with van der Waals surface area (Å²) in [6.45, 7) is 1.70. The van der Waals surface area contributed by atoms with Gasteiger partial charge in [0.15, 0.2) is 0 Å². The Balaban J connectivity index is 2.00. The highest BCUT2D eigenvalue weighted by Crippen LogP contribution is 2.32. The first kappa shape index (κ1) is 11.3. The molecule has 0 fully saturated rings. The van der Waals surface area contributed by atoms with Crippen LogP contribution in [0.1, 0.15) is 17.2 Å². The summed E-state index contributed by atoms with van der Waals surface area (Å²) < 4.78 is 0. The molecule has 92 valence electrons. The highest BCUT2D eigenvalue weighted by atomic mass is 15.2. The second-order valence-corrected chi connectivity index (χ2v) is 4.73. The zero-order valence-electron chi connectivity index (χ0n) is 10.4. The van der Waals surface area contributed by atoms with Crippen molar-refractivity contribution in [2.75, 3.05) is 18.0 Å². The molecule has 1 unspecified atom stereocenters. The molecule has 1 atom stereocenters. The Kier molecular flexibility index (Phi) is 3.03. The van der Waals surface area contributed by atoms with Gasteiger partial charge in [0.05, 0.1) is 6.04 Å². The second kappa shape index (κ2) is 4.83. The molecule has 0 aliphatic carbocycles. The van der Waals surface area contributed by atoms with E-state index < -0.39 is 0 Å². The van der Waals surface area contributed by atoms with Crippen molar-refractivity contribution in [3.63, 3.8) is 0 Å². The molecule has 2 N–H and O–H groups in total. The molecule has 0 spiro atoms. The van der Waals surface area contributed by atoms with E-state index in [1.54, 1.807) is 0 Å². The first-order valence-electron chi connectivity index (χ1n) is 6.49. The van der Waals surface area contributed by atoms with Crippen LogP contribution in [0, 0.1) is 0 Å². The fraction of sp³-hybridized carbons (Fsp3) is 0.250. The average molecular weight is 238 g/mol. The number of benzene rings is 2. The smallest absolute Gasteiger partial charge is 0.0667 e. The lowest BCUT2D eigenvalue weighted by molar-refractivity contribution is 0.590. The van der Waals surface area contributed by atoms with Crippen LogP contribution in [0.15, 0.2) is 54.6 Å². The van der Waals surface area contributed by atoms with Gasteiger partial charge in [-0.05, 0) is 29.7 Å². The van der Waals surface area contributed by atoms with E-state index in [1.807, 2.05) is 0 Å². The van der Waals surface area contributed by atoms with Crippen molar-refractivity contribution in [1.29, 1.82) is 0 Å². The van der Waals surface area contributed by atoms with Gasteiger partial charge in [0.1, 0.15) is 0 Å². The lowest BCUT2D eigenvalue weighted by atomic mass is 9.92. The predicted octanol–water partition coefficient (Wildman–Crippen LogP) is 2.75. The molecule has 1 heterocycles. The Labute approximate surface area is 108 Å². The summed E-state index contributed by atoms with van der Waals surface area (Å²) in [6.07, 6.45) is 1.10. The van der Waals surface area contributed by atoms with E-state index in [0.717, 1.165) is 13.0 Å². The Bertz CT molecular complexity index is 522. The van der Waals surface area contributed by atoms with Crippen LogP contribution in [0.5, 0.6) is 0 Å². The molecule has 2 aromatic carbocycles. The predicted molar refractivity (Wildman–Crippen MR) is 75.7 cm³/mol. The van der Waals surface area contributed by atoms with Crippen LogP contribution in [0.4, 0.5) is 5.69 Å². The lowest BCUT2D eigenvalue weighted by Gasteiger charge is -2.38. The first-order valence-corrected chi connectivity index (χ1v) is 6.49. The number of anilines is 1. The quantitative estimate of drug-likeness (QED) is 0.871. The molecule has 0 saturated heterocycles. The van der Waals surface area contributed by atoms with Gasteiger partial charge in [-0.2, -0.15) is 0 Å². The third-order valence-corrected chi connectivity index (χ3v) is 3.72. The van der Waals surface area contributed by atoms with E-state index in [1.165, 1.54) is 16.8 Å². The summed E-state index contributed by atoms with van der Waals surface area (Å²) >= 11 is 0. The van der Waals surface area contributed by atoms with Crippen LogP contribution < -0.4 is 10.6 Å². The Hall–Kier alpha value is -1.80. The zero-order valence-corrected chi connectivity index (χ0v) is 10.4. The third kappa shape index (κ3) is 1.89. The van der Waals surface area contributed by atoms with Gasteiger partial charge in [-0.1, -0.05) is 42.5 Å². The van der Waals surface area contributed by atoms with E-state index in [-0.39, 0.29) is 0 Å². The molecule has 2 aromatic rings. The van der Waals surface area contributed by atoms with E-state index in [4.69, 9.17) is 5.73 Å². The highest BCUT2D eigenvalue weighted by Gasteiger charge is 2.25. The maximum absolute atomic E-state index is 6.00. The Morgan fingerprint density at radius 1 is 1.00 bits per heavy atom. The second-order valence-electron chi connectivity index (χ2n) is 4.73. The first-order chi connectivity index (χ1) is 8.90. The maximum Gasteiger partial charge on any atom is 0.0667 e. The van der Waals surface area contributed by atoms with E-state index in [2.05, 4.69) is 59.5 Å². The van der Waals surface area contributed by atoms with Gasteiger partial charge in [0.2, 0.25) is 0 Å². The minimum atomic E-state index is 0.303. The van der Waals surface area contributed by atoms with E-state index in [0.29, 0.717) is 12.6 Å². The minimum Gasteiger partial charge on any atom is -0.363 e. The van der Waals surface area contributed by atoms with Crippen LogP contribution in [0.3, 0.4) is 0 Å². The molecule has 18 heavy (non-hydrogen) atoms. The third-order valence-electron chi connectivity index (χ3n) is 3.72. The Morgan fingerprint density at radius 3 is 2.50 bits per heavy atom. The average Bonchev–Trinajstić information content (AvgIpc) is 2.47. The van der Waals surface area contributed by atoms with Crippen molar-refractivity contribution in [3.05, 3.63) is 65.7 Å². The monoisotopic (exact) mass is 238 g/mol. The molecule has 0 saturated carbocycles. The van der Waals surface area contributed by atoms with Gasteiger partial charge in [-0.3, -0.25) is 0 Å². The molecule has 0 amide bonds. The van der Waals surface area contributed by atoms with Gasteiger partial charge < -0.3 is 10.6 Å². The fourth-order valence-corrected chi connectivity index (χ4v) is 2.83. The molecule has 2 heteroatoms. The topological polar surface area (TPSA) is 29.3 Å². The van der Waals surface area contributed by atoms with Crippen molar-refractivity contribution in [3.8, 4) is 0 Å². The zero-order chi connectivity index (χ0) is 12.4.